The summed E-state index contributed by atoms with van der Waals surface area (Å²) in [6, 6.07) is 8.10. The summed E-state index contributed by atoms with van der Waals surface area (Å²) in [6.45, 7) is 2.17. The molecule has 20 heavy (non-hydrogen) atoms. The largest absolute Gasteiger partial charge is 0.332 e. The fraction of sp³-hybridized carbons (Fsp3) is 0.556. The molecule has 1 aliphatic heterocycles. The molecule has 0 radical (unpaired) electrons. The highest BCUT2D eigenvalue weighted by molar-refractivity contribution is 8.04. The van der Waals surface area contributed by atoms with Gasteiger partial charge in [0.05, 0.1) is 5.37 Å². The van der Waals surface area contributed by atoms with Crippen molar-refractivity contribution in [3.63, 3.8) is 0 Å². The summed E-state index contributed by atoms with van der Waals surface area (Å²) in [6.07, 6.45) is 6.26. The van der Waals surface area contributed by atoms with E-state index in [0.29, 0.717) is 5.92 Å². The third-order valence-corrected chi connectivity index (χ3v) is 5.86. The number of allylic oxidation sites excluding steroid dienone is 2. The Morgan fingerprint density at radius 3 is 2.60 bits per heavy atom. The fourth-order valence-corrected chi connectivity index (χ4v) is 4.76. The second-order valence-electron chi connectivity index (χ2n) is 5.91. The van der Waals surface area contributed by atoms with Crippen molar-refractivity contribution in [1.82, 2.24) is 0 Å². The van der Waals surface area contributed by atoms with Gasteiger partial charge in [-0.1, -0.05) is 37.5 Å². The molecule has 1 nitrogen and oxygen atoms in total. The number of hydrogen-bond donors (Lipinski definition) is 0. The number of para-hydroxylation sites is 1. The van der Waals surface area contributed by atoms with Gasteiger partial charge < -0.3 is 4.90 Å². The minimum absolute atomic E-state index is 0.500. The van der Waals surface area contributed by atoms with Gasteiger partial charge in [0.15, 0.2) is 0 Å². The second-order valence-corrected chi connectivity index (χ2v) is 7.03. The summed E-state index contributed by atoms with van der Waals surface area (Å²) in [4.78, 5) is 3.38. The number of nitrogens with zero attached hydrogens (tertiary/aromatic N) is 1. The lowest BCUT2D eigenvalue weighted by atomic mass is 9.88. The number of rotatable bonds is 2. The molecule has 1 atom stereocenters. The van der Waals surface area contributed by atoms with E-state index in [1.165, 1.54) is 37.0 Å². The van der Waals surface area contributed by atoms with Crippen LogP contribution in [-0.4, -0.2) is 5.37 Å². The Hall–Kier alpha value is -0.890. The van der Waals surface area contributed by atoms with E-state index < -0.39 is 12.2 Å². The van der Waals surface area contributed by atoms with E-state index in [0.717, 1.165) is 16.9 Å². The first-order valence-corrected chi connectivity index (χ1v) is 8.50. The molecule has 0 saturated heterocycles. The zero-order valence-electron chi connectivity index (χ0n) is 15.4. The van der Waals surface area contributed by atoms with Crippen LogP contribution in [0.3, 0.4) is 0 Å². The number of hydrogen-bond acceptors (Lipinski definition) is 2. The van der Waals surface area contributed by atoms with Crippen molar-refractivity contribution in [3.05, 3.63) is 40.4 Å². The van der Waals surface area contributed by atoms with E-state index in [-0.39, 0.29) is 0 Å². The quantitative estimate of drug-likeness (QED) is 0.686. The van der Waals surface area contributed by atoms with Crippen LogP contribution in [0.25, 0.3) is 0 Å². The Morgan fingerprint density at radius 1 is 1.15 bits per heavy atom. The van der Waals surface area contributed by atoms with Gasteiger partial charge in [-0.2, -0.15) is 0 Å². The predicted octanol–water partition coefficient (Wildman–Crippen LogP) is 5.71. The molecule has 1 saturated carbocycles. The molecule has 2 heteroatoms. The SMILES string of the molecule is [2H]C([2H])([2H])C1SC(C2CCCCC2)=C(C)N1c1ccccc1C. The summed E-state index contributed by atoms with van der Waals surface area (Å²) in [5.74, 6) is 0.549. The molecule has 1 fully saturated rings. The zero-order valence-corrected chi connectivity index (χ0v) is 13.2. The zero-order chi connectivity index (χ0) is 16.6. The van der Waals surface area contributed by atoms with E-state index in [9.17, 15) is 0 Å². The monoisotopic (exact) mass is 290 g/mol. The van der Waals surface area contributed by atoms with Gasteiger partial charge in [-0.3, -0.25) is 0 Å². The molecule has 0 amide bonds. The van der Waals surface area contributed by atoms with Crippen LogP contribution in [0.2, 0.25) is 0 Å². The Bertz CT molecular complexity index is 603. The molecule has 0 bridgehead atoms. The summed E-state index contributed by atoms with van der Waals surface area (Å²) in [7, 11) is 0. The smallest absolute Gasteiger partial charge is 0.0812 e. The van der Waals surface area contributed by atoms with Crippen LogP contribution in [0, 0.1) is 12.8 Å². The Balaban J connectivity index is 2.01. The van der Waals surface area contributed by atoms with Gasteiger partial charge >= 0.3 is 0 Å². The van der Waals surface area contributed by atoms with Gasteiger partial charge in [0, 0.05) is 20.4 Å². The predicted molar refractivity (Wildman–Crippen MR) is 90.0 cm³/mol. The maximum Gasteiger partial charge on any atom is 0.0812 e. The van der Waals surface area contributed by atoms with Crippen LogP contribution in [0.4, 0.5) is 5.69 Å². The summed E-state index contributed by atoms with van der Waals surface area (Å²) in [5.41, 5.74) is 3.31. The van der Waals surface area contributed by atoms with Gasteiger partial charge in [-0.25, -0.2) is 0 Å². The molecule has 1 heterocycles. The van der Waals surface area contributed by atoms with Gasteiger partial charge in [0.25, 0.3) is 0 Å². The third kappa shape index (κ3) is 2.50. The normalized spacial score (nSPS) is 27.4. The van der Waals surface area contributed by atoms with Crippen LogP contribution in [0.5, 0.6) is 0 Å². The van der Waals surface area contributed by atoms with Crippen LogP contribution < -0.4 is 4.90 Å². The number of anilines is 1. The van der Waals surface area contributed by atoms with Crippen molar-refractivity contribution in [2.45, 2.75) is 58.2 Å². The average Bonchev–Trinajstić information content (AvgIpc) is 2.86. The minimum Gasteiger partial charge on any atom is -0.332 e. The Labute approximate surface area is 131 Å². The van der Waals surface area contributed by atoms with Crippen LogP contribution in [-0.2, 0) is 0 Å². The topological polar surface area (TPSA) is 3.24 Å². The number of thioether (sulfide) groups is 1. The van der Waals surface area contributed by atoms with E-state index in [2.05, 4.69) is 24.8 Å². The van der Waals surface area contributed by atoms with E-state index in [1.54, 1.807) is 11.8 Å². The van der Waals surface area contributed by atoms with Crippen molar-refractivity contribution < 1.29 is 4.11 Å². The van der Waals surface area contributed by atoms with Crippen molar-refractivity contribution in [3.8, 4) is 0 Å². The van der Waals surface area contributed by atoms with Gasteiger partial charge in [-0.15, -0.1) is 11.8 Å². The fourth-order valence-electron chi connectivity index (χ4n) is 3.45. The van der Waals surface area contributed by atoms with Crippen molar-refractivity contribution in [1.29, 1.82) is 0 Å². The van der Waals surface area contributed by atoms with E-state index in [4.69, 9.17) is 4.11 Å². The third-order valence-electron chi connectivity index (χ3n) is 4.54. The van der Waals surface area contributed by atoms with Crippen molar-refractivity contribution >= 4 is 17.4 Å². The highest BCUT2D eigenvalue weighted by Gasteiger charge is 2.33. The standard InChI is InChI=1S/C18H25NS/c1-13-9-7-8-12-17(13)19-14(2)18(20-15(19)3)16-10-5-4-6-11-16/h7-9,12,15-16H,4-6,10-11H2,1-3H3/i3D3. The molecular formula is C18H25NS. The molecule has 0 aromatic heterocycles. The van der Waals surface area contributed by atoms with Gasteiger partial charge in [0.1, 0.15) is 0 Å². The molecule has 1 aromatic carbocycles. The Morgan fingerprint density at radius 2 is 1.90 bits per heavy atom. The van der Waals surface area contributed by atoms with Gasteiger partial charge in [-0.05, 0) is 51.1 Å². The maximum absolute atomic E-state index is 8.02. The lowest BCUT2D eigenvalue weighted by Crippen LogP contribution is -2.25. The lowest BCUT2D eigenvalue weighted by molar-refractivity contribution is 0.413. The molecule has 1 aromatic rings. The summed E-state index contributed by atoms with van der Waals surface area (Å²) in [5, 5.41) is -0.500. The minimum atomic E-state index is -2.00. The van der Waals surface area contributed by atoms with Gasteiger partial charge in [0.2, 0.25) is 0 Å². The molecular weight excluding hydrogens is 262 g/mol. The highest BCUT2D eigenvalue weighted by atomic mass is 32.2. The number of aryl methyl sites for hydroxylation is 1. The Kier molecular flexibility index (Phi) is 3.15. The van der Waals surface area contributed by atoms with Crippen LogP contribution in [0.1, 0.15) is 55.6 Å². The van der Waals surface area contributed by atoms with Crippen LogP contribution >= 0.6 is 11.8 Å². The van der Waals surface area contributed by atoms with E-state index in [1.807, 2.05) is 18.2 Å². The summed E-state index contributed by atoms with van der Waals surface area (Å²) >= 11 is 1.59. The average molecular weight is 290 g/mol. The molecule has 1 unspecified atom stereocenters. The molecule has 108 valence electrons. The maximum atomic E-state index is 8.02. The molecule has 0 spiro atoms. The van der Waals surface area contributed by atoms with E-state index >= 15 is 0 Å². The number of benzene rings is 1. The molecule has 2 aliphatic rings. The summed E-state index contributed by atoms with van der Waals surface area (Å²) < 4.78 is 24.1. The lowest BCUT2D eigenvalue weighted by Gasteiger charge is -2.27. The molecule has 3 rings (SSSR count). The first kappa shape index (κ1) is 10.8. The highest BCUT2D eigenvalue weighted by Crippen LogP contribution is 2.48. The van der Waals surface area contributed by atoms with Crippen LogP contribution in [0.15, 0.2) is 34.9 Å². The molecule has 1 aliphatic carbocycles. The van der Waals surface area contributed by atoms with Crippen molar-refractivity contribution in [2.24, 2.45) is 5.92 Å². The molecule has 0 N–H and O–H groups in total. The first-order valence-electron chi connectivity index (χ1n) is 9.12. The second kappa shape index (κ2) is 5.85. The first-order chi connectivity index (χ1) is 10.9. The van der Waals surface area contributed by atoms with Crippen molar-refractivity contribution in [2.75, 3.05) is 4.90 Å².